The molecule has 4 rings (SSSR count). The summed E-state index contributed by atoms with van der Waals surface area (Å²) >= 11 is 0. The molecule has 2 heterocycles. The van der Waals surface area contributed by atoms with Crippen LogP contribution >= 0.6 is 0 Å². The molecule has 0 aliphatic carbocycles. The summed E-state index contributed by atoms with van der Waals surface area (Å²) in [4.78, 5) is 6.76. The molecule has 200 valence electrons. The Balaban J connectivity index is 1.29. The van der Waals surface area contributed by atoms with Crippen molar-refractivity contribution in [3.05, 3.63) is 71.3 Å². The van der Waals surface area contributed by atoms with E-state index in [1.54, 1.807) is 7.11 Å². The number of benzene rings is 2. The highest BCUT2D eigenvalue weighted by Gasteiger charge is 2.31. The van der Waals surface area contributed by atoms with Crippen molar-refractivity contribution in [2.45, 2.75) is 65.1 Å². The van der Waals surface area contributed by atoms with E-state index in [0.29, 0.717) is 19.6 Å². The zero-order valence-electron chi connectivity index (χ0n) is 22.7. The number of aliphatic hydroxyl groups is 1. The highest BCUT2D eigenvalue weighted by atomic mass is 16.5. The van der Waals surface area contributed by atoms with Crippen molar-refractivity contribution in [3.8, 4) is 17.2 Å². The fourth-order valence-electron chi connectivity index (χ4n) is 5.01. The molecule has 1 aliphatic rings. The zero-order chi connectivity index (χ0) is 26.3. The molecule has 0 spiro atoms. The fraction of sp³-hybridized carbons (Fsp3) is 0.500. The van der Waals surface area contributed by atoms with Crippen molar-refractivity contribution in [2.24, 2.45) is 0 Å². The average Bonchev–Trinajstić information content (AvgIpc) is 3.26. The number of aromatic nitrogens is 2. The predicted octanol–water partition coefficient (Wildman–Crippen LogP) is 4.95. The van der Waals surface area contributed by atoms with E-state index in [-0.39, 0.29) is 0 Å². The molecule has 1 aromatic heterocycles. The Kier molecular flexibility index (Phi) is 9.11. The molecule has 0 saturated carbocycles. The van der Waals surface area contributed by atoms with Crippen LogP contribution in [-0.2, 0) is 19.5 Å². The highest BCUT2D eigenvalue weighted by molar-refractivity contribution is 5.43. The third kappa shape index (κ3) is 7.27. The Bertz CT molecular complexity index is 1160. The van der Waals surface area contributed by atoms with Gasteiger partial charge in [-0.1, -0.05) is 30.7 Å². The van der Waals surface area contributed by atoms with Gasteiger partial charge in [0.1, 0.15) is 24.8 Å². The van der Waals surface area contributed by atoms with Gasteiger partial charge in [0.2, 0.25) is 0 Å². The monoisotopic (exact) mass is 507 g/mol. The first-order valence-corrected chi connectivity index (χ1v) is 13.3. The summed E-state index contributed by atoms with van der Waals surface area (Å²) in [6.45, 7) is 10.4. The minimum absolute atomic E-state index is 0.323. The van der Waals surface area contributed by atoms with E-state index in [1.807, 2.05) is 37.5 Å². The molecule has 1 atom stereocenters. The summed E-state index contributed by atoms with van der Waals surface area (Å²) in [7, 11) is 1.68. The van der Waals surface area contributed by atoms with E-state index in [0.717, 1.165) is 74.1 Å². The normalized spacial score (nSPS) is 18.4. The molecule has 1 aliphatic heterocycles. The minimum atomic E-state index is -0.811. The lowest BCUT2D eigenvalue weighted by atomic mass is 9.96. The molecule has 1 fully saturated rings. The number of nitrogens with zero attached hydrogens (tertiary/aromatic N) is 3. The number of hydrogen-bond donors (Lipinski definition) is 1. The number of ether oxygens (including phenoxy) is 3. The second-order valence-electron chi connectivity index (χ2n) is 10.1. The van der Waals surface area contributed by atoms with Crippen LogP contribution in [0, 0.1) is 13.8 Å². The molecular formula is C30H41N3O4. The van der Waals surface area contributed by atoms with Crippen LogP contribution in [0.2, 0.25) is 0 Å². The van der Waals surface area contributed by atoms with E-state index in [1.165, 1.54) is 11.1 Å². The lowest BCUT2D eigenvalue weighted by Gasteiger charge is -2.27. The number of likely N-dealkylation sites (tertiary alicyclic amines) is 1. The summed E-state index contributed by atoms with van der Waals surface area (Å²) in [6.07, 6.45) is 7.07. The van der Waals surface area contributed by atoms with Crippen molar-refractivity contribution in [2.75, 3.05) is 33.4 Å². The number of rotatable bonds is 11. The smallest absolute Gasteiger partial charge is 0.161 e. The van der Waals surface area contributed by atoms with Gasteiger partial charge in [0.25, 0.3) is 0 Å². The van der Waals surface area contributed by atoms with Crippen LogP contribution in [-0.4, -0.2) is 58.6 Å². The van der Waals surface area contributed by atoms with Gasteiger partial charge >= 0.3 is 0 Å². The SMILES string of the molecule is CCc1nccn1CCOc1ccc(CN2CCCC(O)(COc3ccc(C)cc3C)CC2)cc1OC. The van der Waals surface area contributed by atoms with Gasteiger partial charge in [0, 0.05) is 31.9 Å². The first-order chi connectivity index (χ1) is 17.9. The molecule has 1 N–H and O–H groups in total. The molecule has 7 heteroatoms. The molecular weight excluding hydrogens is 466 g/mol. The van der Waals surface area contributed by atoms with Crippen LogP contribution in [0.4, 0.5) is 0 Å². The molecule has 7 nitrogen and oxygen atoms in total. The quantitative estimate of drug-likeness (QED) is 0.396. The standard InChI is InChI=1S/C30H41N3O4/c1-5-29-31-13-16-33(29)17-18-36-27-10-8-25(20-28(27)35-4)21-32-14-6-11-30(34,12-15-32)22-37-26-9-7-23(2)19-24(26)3/h7-10,13,16,19-20,34H,5-6,11-12,14-15,17-18,21-22H2,1-4H3. The Morgan fingerprint density at radius 1 is 1.00 bits per heavy atom. The van der Waals surface area contributed by atoms with Crippen molar-refractivity contribution >= 4 is 0 Å². The van der Waals surface area contributed by atoms with Gasteiger partial charge in [0.05, 0.1) is 19.3 Å². The van der Waals surface area contributed by atoms with E-state index in [2.05, 4.69) is 46.5 Å². The Morgan fingerprint density at radius 2 is 1.84 bits per heavy atom. The van der Waals surface area contributed by atoms with Gasteiger partial charge in [-0.05, 0) is 69.0 Å². The van der Waals surface area contributed by atoms with Crippen LogP contribution in [0.1, 0.15) is 48.7 Å². The van der Waals surface area contributed by atoms with Gasteiger partial charge in [-0.3, -0.25) is 4.90 Å². The lowest BCUT2D eigenvalue weighted by Crippen LogP contribution is -2.37. The summed E-state index contributed by atoms with van der Waals surface area (Å²) in [6, 6.07) is 12.3. The third-order valence-electron chi connectivity index (χ3n) is 7.18. The summed E-state index contributed by atoms with van der Waals surface area (Å²) in [5.74, 6) is 3.41. The second kappa shape index (κ2) is 12.5. The number of hydrogen-bond acceptors (Lipinski definition) is 6. The molecule has 37 heavy (non-hydrogen) atoms. The van der Waals surface area contributed by atoms with E-state index in [9.17, 15) is 5.11 Å². The van der Waals surface area contributed by atoms with Crippen LogP contribution in [0.15, 0.2) is 48.8 Å². The van der Waals surface area contributed by atoms with Gasteiger partial charge < -0.3 is 23.9 Å². The molecule has 1 saturated heterocycles. The van der Waals surface area contributed by atoms with E-state index < -0.39 is 5.60 Å². The molecule has 0 radical (unpaired) electrons. The Morgan fingerprint density at radius 3 is 2.62 bits per heavy atom. The van der Waals surface area contributed by atoms with Crippen molar-refractivity contribution in [1.29, 1.82) is 0 Å². The second-order valence-corrected chi connectivity index (χ2v) is 10.1. The van der Waals surface area contributed by atoms with Crippen molar-refractivity contribution in [1.82, 2.24) is 14.5 Å². The Labute approximate surface area is 221 Å². The molecule has 0 bridgehead atoms. The topological polar surface area (TPSA) is 69.0 Å². The maximum Gasteiger partial charge on any atom is 0.161 e. The summed E-state index contributed by atoms with van der Waals surface area (Å²) in [5.41, 5.74) is 2.68. The number of imidazole rings is 1. The Hall–Kier alpha value is -3.03. The van der Waals surface area contributed by atoms with Crippen LogP contribution < -0.4 is 14.2 Å². The largest absolute Gasteiger partial charge is 0.493 e. The predicted molar refractivity (Wildman–Crippen MR) is 146 cm³/mol. The van der Waals surface area contributed by atoms with Gasteiger partial charge in [-0.15, -0.1) is 0 Å². The first kappa shape index (κ1) is 27.0. The van der Waals surface area contributed by atoms with Crippen LogP contribution in [0.3, 0.4) is 0 Å². The highest BCUT2D eigenvalue weighted by Crippen LogP contribution is 2.30. The van der Waals surface area contributed by atoms with Crippen LogP contribution in [0.25, 0.3) is 0 Å². The van der Waals surface area contributed by atoms with E-state index >= 15 is 0 Å². The molecule has 3 aromatic rings. The maximum absolute atomic E-state index is 11.3. The molecule has 2 aromatic carbocycles. The maximum atomic E-state index is 11.3. The fourth-order valence-corrected chi connectivity index (χ4v) is 5.01. The molecule has 0 amide bonds. The zero-order valence-corrected chi connectivity index (χ0v) is 22.7. The van der Waals surface area contributed by atoms with Crippen molar-refractivity contribution < 1.29 is 19.3 Å². The molecule has 1 unspecified atom stereocenters. The van der Waals surface area contributed by atoms with Gasteiger partial charge in [0.15, 0.2) is 11.5 Å². The summed E-state index contributed by atoms with van der Waals surface area (Å²) in [5, 5.41) is 11.3. The number of methoxy groups -OCH3 is 1. The third-order valence-corrected chi connectivity index (χ3v) is 7.18. The number of aryl methyl sites for hydroxylation is 3. The van der Waals surface area contributed by atoms with E-state index in [4.69, 9.17) is 14.2 Å². The first-order valence-electron chi connectivity index (χ1n) is 13.3. The van der Waals surface area contributed by atoms with Gasteiger partial charge in [-0.25, -0.2) is 4.98 Å². The van der Waals surface area contributed by atoms with Gasteiger partial charge in [-0.2, -0.15) is 0 Å². The lowest BCUT2D eigenvalue weighted by molar-refractivity contribution is -0.0170. The van der Waals surface area contributed by atoms with Crippen molar-refractivity contribution in [3.63, 3.8) is 0 Å². The summed E-state index contributed by atoms with van der Waals surface area (Å²) < 4.78 is 19.8. The van der Waals surface area contributed by atoms with Crippen LogP contribution in [0.5, 0.6) is 17.2 Å². The minimum Gasteiger partial charge on any atom is -0.493 e. The average molecular weight is 508 g/mol.